The Morgan fingerprint density at radius 3 is 1.46 bits per heavy atom. The van der Waals surface area contributed by atoms with Gasteiger partial charge in [-0.1, -0.05) is 69.5 Å². The smallest absolute Gasteiger partial charge is 0.409 e. The Hall–Kier alpha value is -6.41. The number of aromatic amines is 1. The third kappa shape index (κ3) is 23.6. The van der Waals surface area contributed by atoms with Crippen molar-refractivity contribution in [1.82, 2.24) is 37.0 Å². The van der Waals surface area contributed by atoms with Crippen LogP contribution in [-0.2, 0) is 61.4 Å². The lowest BCUT2D eigenvalue weighted by Crippen LogP contribution is -2.42. The first-order valence-corrected chi connectivity index (χ1v) is 29.2. The maximum Gasteiger partial charge on any atom is 0.409 e. The summed E-state index contributed by atoms with van der Waals surface area (Å²) in [7, 11) is 5.06. The molecule has 0 aliphatic heterocycles. The quantitative estimate of drug-likeness (QED) is 0.0261. The lowest BCUT2D eigenvalue weighted by Gasteiger charge is -2.15. The fraction of sp³-hybridized carbons (Fsp3) is 0.208. The average Bonchev–Trinajstić information content (AvgIpc) is 1.41. The number of hydrogen-bond acceptors (Lipinski definition) is 12. The van der Waals surface area contributed by atoms with Crippen molar-refractivity contribution in [2.24, 2.45) is 28.2 Å². The number of alkyl halides is 5. The third-order valence-electron chi connectivity index (χ3n) is 11.0. The van der Waals surface area contributed by atoms with Crippen LogP contribution in [0.25, 0.3) is 0 Å². The molecule has 8 rings (SSSR count). The van der Waals surface area contributed by atoms with Crippen LogP contribution in [0.2, 0.25) is 10.3 Å². The minimum Gasteiger partial charge on any atom is -0.415 e. The first-order valence-electron chi connectivity index (χ1n) is 23.7. The van der Waals surface area contributed by atoms with E-state index in [1.54, 1.807) is 54.6 Å². The van der Waals surface area contributed by atoms with Gasteiger partial charge < -0.3 is 10.5 Å². The Kier molecular flexibility index (Phi) is 33.0. The largest absolute Gasteiger partial charge is 0.415 e. The number of Topliss-reactive ketones (excluding diaryl/α,β-unsaturated/α-hetero) is 1. The number of benzene rings is 4. The number of nitrogen functional groups attached to an aromatic ring is 1. The van der Waals surface area contributed by atoms with Gasteiger partial charge in [0.2, 0.25) is 0 Å². The highest BCUT2D eigenvalue weighted by Gasteiger charge is 2.22. The van der Waals surface area contributed by atoms with Gasteiger partial charge in [0.25, 0.3) is 22.2 Å². The molecule has 468 valence electrons. The van der Waals surface area contributed by atoms with Crippen LogP contribution in [0.15, 0.2) is 141 Å². The molecule has 0 amide bonds. The molecule has 0 atom stereocenters. The molecule has 0 bridgehead atoms. The molecule has 4 heterocycles. The first-order chi connectivity index (χ1) is 40.8. The second-order valence-corrected chi connectivity index (χ2v) is 22.0. The lowest BCUT2D eigenvalue weighted by molar-refractivity contribution is 0.101. The highest BCUT2D eigenvalue weighted by atomic mass is 127. The summed E-state index contributed by atoms with van der Waals surface area (Å²) in [4.78, 5) is 115. The number of nitrogens with zero attached hydrogens (tertiary/aromatic N) is 7. The molecule has 4 aromatic carbocycles. The number of aromatic nitrogens is 8. The van der Waals surface area contributed by atoms with Gasteiger partial charge in [-0.2, -0.15) is 0 Å². The van der Waals surface area contributed by atoms with Gasteiger partial charge in [-0.05, 0) is 140 Å². The van der Waals surface area contributed by atoms with E-state index in [1.807, 2.05) is 73.8 Å². The van der Waals surface area contributed by atoms with Gasteiger partial charge in [-0.15, -0.1) is 0 Å². The number of ketones is 1. The number of carbonyl (C=O) groups is 2. The van der Waals surface area contributed by atoms with Crippen LogP contribution in [0.3, 0.4) is 0 Å². The van der Waals surface area contributed by atoms with Crippen molar-refractivity contribution in [3.8, 4) is 5.75 Å². The van der Waals surface area contributed by atoms with Crippen molar-refractivity contribution in [3.05, 3.63) is 253 Å². The maximum absolute atomic E-state index is 14.0. The van der Waals surface area contributed by atoms with Gasteiger partial charge in [0, 0.05) is 92.9 Å². The minimum atomic E-state index is -1.21. The van der Waals surface area contributed by atoms with Crippen LogP contribution in [-0.4, -0.2) is 53.7 Å². The number of rotatable bonds is 9. The normalized spacial score (nSPS) is 10.1. The maximum atomic E-state index is 14.0. The molecule has 0 saturated heterocycles. The van der Waals surface area contributed by atoms with E-state index in [-0.39, 0.29) is 57.2 Å². The van der Waals surface area contributed by atoms with E-state index >= 15 is 0 Å². The lowest BCUT2D eigenvalue weighted by atomic mass is 10.0. The van der Waals surface area contributed by atoms with E-state index < -0.39 is 93.8 Å². The molecule has 3 N–H and O–H groups in total. The zero-order valence-corrected chi connectivity index (χ0v) is 55.9. The van der Waals surface area contributed by atoms with Crippen molar-refractivity contribution in [2.75, 3.05) is 11.3 Å². The number of ether oxygens (including phenoxy) is 1. The Bertz CT molecular complexity index is 4200. The van der Waals surface area contributed by atoms with Crippen molar-refractivity contribution in [1.29, 1.82) is 0 Å². The molecule has 0 fully saturated rings. The molecule has 0 spiro atoms. The molecule has 0 aliphatic carbocycles. The van der Waals surface area contributed by atoms with E-state index in [0.717, 1.165) is 50.5 Å². The summed E-state index contributed by atoms with van der Waals surface area (Å²) >= 11 is 24.1. The van der Waals surface area contributed by atoms with Crippen LogP contribution >= 0.6 is 119 Å². The summed E-state index contributed by atoms with van der Waals surface area (Å²) in [6, 6.07) is 25.7. The van der Waals surface area contributed by atoms with E-state index in [0.29, 0.717) is 28.6 Å². The summed E-state index contributed by atoms with van der Waals surface area (Å²) in [6.07, 6.45) is -0.245. The number of nitrogens with one attached hydrogen (secondary N) is 1. The summed E-state index contributed by atoms with van der Waals surface area (Å²) < 4.78 is 101. The Morgan fingerprint density at radius 1 is 0.586 bits per heavy atom. The van der Waals surface area contributed by atoms with E-state index in [4.69, 9.17) is 40.5 Å². The second kappa shape index (κ2) is 37.4. The minimum absolute atomic E-state index is 0.0159. The molecule has 0 saturated carbocycles. The Balaban J connectivity index is 0.000000366. The van der Waals surface area contributed by atoms with Gasteiger partial charge in [-0.25, -0.2) is 54.7 Å². The number of nitrogens with two attached hydrogens (primary N) is 1. The SMILES string of the molecule is CC(=O)c1c(Cc2ccc(I)cc2F)n(CF)c(=O)n(C)c1=O.Cn1c(=O)cc(Cc2ccc(I)cc2F)n(CF)c1=O.Cn1c(=O)cc(Cl)[nH]c1=O.Cn1c(=O)cc(Cl)n(CF)c1=O.FCBr.Nc1ccc(I)cc1F.O=C(Cl)Oc1ccccc1. The molecule has 0 unspecified atom stereocenters. The molecule has 0 radical (unpaired) electrons. The van der Waals surface area contributed by atoms with Crippen molar-refractivity contribution < 1.29 is 45.1 Å². The molecular weight excluding hydrogens is 1640 g/mol. The summed E-state index contributed by atoms with van der Waals surface area (Å²) in [5.74, 6) is -1.49. The predicted octanol–water partition coefficient (Wildman–Crippen LogP) is 9.42. The van der Waals surface area contributed by atoms with Crippen LogP contribution in [0.5, 0.6) is 5.75 Å². The van der Waals surface area contributed by atoms with Crippen molar-refractivity contribution in [3.63, 3.8) is 0 Å². The van der Waals surface area contributed by atoms with Crippen molar-refractivity contribution >= 4 is 135 Å². The van der Waals surface area contributed by atoms with Gasteiger partial charge in [0.1, 0.15) is 44.7 Å². The molecular formula is C53H47BrCl3F7I3N9O11. The number of halogens is 14. The van der Waals surface area contributed by atoms with Gasteiger partial charge in [0.15, 0.2) is 26.2 Å². The highest BCUT2D eigenvalue weighted by molar-refractivity contribution is 14.1. The molecule has 87 heavy (non-hydrogen) atoms. The zero-order valence-electron chi connectivity index (χ0n) is 45.5. The number of para-hydroxylation sites is 1. The van der Waals surface area contributed by atoms with Crippen LogP contribution in [0.1, 0.15) is 39.8 Å². The molecule has 34 heteroatoms. The van der Waals surface area contributed by atoms with E-state index in [9.17, 15) is 78.7 Å². The third-order valence-corrected chi connectivity index (χ3v) is 13.6. The van der Waals surface area contributed by atoms with Crippen LogP contribution in [0, 0.1) is 28.2 Å². The van der Waals surface area contributed by atoms with Gasteiger partial charge >= 0.3 is 28.2 Å². The van der Waals surface area contributed by atoms with Crippen molar-refractivity contribution in [2.45, 2.75) is 40.2 Å². The number of hydrogen-bond donors (Lipinski definition) is 2. The number of carbonyl (C=O) groups excluding carboxylic acids is 2. The predicted molar refractivity (Wildman–Crippen MR) is 344 cm³/mol. The monoisotopic (exact) mass is 1680 g/mol. The average molecular weight is 1690 g/mol. The van der Waals surface area contributed by atoms with Gasteiger partial charge in [0.05, 0.1) is 5.69 Å². The number of H-pyrrole nitrogens is 1. The van der Waals surface area contributed by atoms with E-state index in [1.165, 1.54) is 52.5 Å². The summed E-state index contributed by atoms with van der Waals surface area (Å²) in [5, 5.41) is -0.126. The fourth-order valence-electron chi connectivity index (χ4n) is 6.53. The summed E-state index contributed by atoms with van der Waals surface area (Å²) in [6.45, 7) is -2.16. The molecule has 4 aromatic heterocycles. The molecule has 8 aromatic rings. The fourth-order valence-corrected chi connectivity index (χ4v) is 8.36. The standard InChI is InChI=1S/C15H13F2IN2O3.C13H11F2IN2O2.C7H5ClO2.C6H6ClFN2O2.C6H5FIN.C5H5ClN2O2.CH2BrF/c1-8(21)13-12(5-9-3-4-10(18)6-11(9)17)20(7-16)15(23)19(2)14(13)22;1-17-12(19)6-10(18(7-14)13(17)20)4-8-2-3-9(16)5-11(8)15;8-7(9)10-6-4-2-1-3-5-6;1-9-5(11)2-4(7)10(3-8)6(9)12;7-5-3-4(8)1-2-6(5)9;1-8-4(9)2-3(6)7-5(8)10;2-1-3/h3-4,6H,5,7H2,1-2H3;2-3,5-6H,4,7H2,1H3;1-5H;2H,3H2,1H3;1-3H,9H2;2H,1H3,(H,7,10);1H2. The zero-order chi connectivity index (χ0) is 66.2. The first kappa shape index (κ1) is 76.7. The van der Waals surface area contributed by atoms with Crippen LogP contribution in [0.4, 0.5) is 41.2 Å². The highest BCUT2D eigenvalue weighted by Crippen LogP contribution is 2.19. The molecule has 20 nitrogen and oxygen atoms in total. The topological polar surface area (TPSA) is 256 Å². The van der Waals surface area contributed by atoms with Gasteiger partial charge in [-0.3, -0.25) is 60.9 Å². The second-order valence-electron chi connectivity index (χ2n) is 16.7. The van der Waals surface area contributed by atoms with E-state index in [2.05, 4.69) is 25.7 Å². The Labute approximate surface area is 551 Å². The Morgan fingerprint density at radius 2 is 1.02 bits per heavy atom. The summed E-state index contributed by atoms with van der Waals surface area (Å²) in [5.41, 5.74) is -0.829. The van der Waals surface area contributed by atoms with Crippen LogP contribution < -0.4 is 55.5 Å². The molecule has 0 aliphatic rings. The number of anilines is 1.